The van der Waals surface area contributed by atoms with Crippen molar-refractivity contribution >= 4 is 21.9 Å². The first kappa shape index (κ1) is 14.2. The molecule has 1 aromatic rings. The van der Waals surface area contributed by atoms with Crippen LogP contribution >= 0.6 is 15.9 Å². The summed E-state index contributed by atoms with van der Waals surface area (Å²) in [5, 5.41) is 3.12. The molecule has 5 nitrogen and oxygen atoms in total. The Kier molecular flexibility index (Phi) is 6.88. The van der Waals surface area contributed by atoms with Gasteiger partial charge in [-0.1, -0.05) is 6.92 Å². The first-order chi connectivity index (χ1) is 8.27. The number of ether oxygens (including phenoxy) is 2. The third-order valence-electron chi connectivity index (χ3n) is 2.00. The maximum Gasteiger partial charge on any atom is 0.232 e. The zero-order valence-corrected chi connectivity index (χ0v) is 11.8. The van der Waals surface area contributed by atoms with Crippen LogP contribution in [0.4, 0.5) is 5.95 Å². The maximum atomic E-state index is 5.37. The molecule has 0 saturated carbocycles. The van der Waals surface area contributed by atoms with Gasteiger partial charge < -0.3 is 14.8 Å². The van der Waals surface area contributed by atoms with E-state index in [0.717, 1.165) is 37.1 Å². The average molecular weight is 304 g/mol. The number of rotatable bonds is 8. The highest BCUT2D eigenvalue weighted by Crippen LogP contribution is 2.21. The summed E-state index contributed by atoms with van der Waals surface area (Å²) >= 11 is 3.30. The van der Waals surface area contributed by atoms with E-state index in [4.69, 9.17) is 9.47 Å². The van der Waals surface area contributed by atoms with Crippen molar-refractivity contribution in [3.8, 4) is 5.88 Å². The van der Waals surface area contributed by atoms with Crippen molar-refractivity contribution in [2.75, 3.05) is 32.2 Å². The van der Waals surface area contributed by atoms with E-state index in [2.05, 4.69) is 38.1 Å². The second kappa shape index (κ2) is 8.25. The van der Waals surface area contributed by atoms with Gasteiger partial charge in [0.1, 0.15) is 0 Å². The topological polar surface area (TPSA) is 56.3 Å². The Hall–Kier alpha value is -0.880. The molecular weight excluding hydrogens is 286 g/mol. The van der Waals surface area contributed by atoms with Crippen molar-refractivity contribution in [1.29, 1.82) is 0 Å². The molecule has 0 spiro atoms. The first-order valence-corrected chi connectivity index (χ1v) is 6.45. The highest BCUT2D eigenvalue weighted by molar-refractivity contribution is 9.10. The smallest absolute Gasteiger partial charge is 0.232 e. The second-order valence-corrected chi connectivity index (χ2v) is 4.30. The number of nitrogens with zero attached hydrogens (tertiary/aromatic N) is 2. The Morgan fingerprint density at radius 1 is 1.41 bits per heavy atom. The Labute approximate surface area is 110 Å². The number of hydrogen-bond acceptors (Lipinski definition) is 5. The van der Waals surface area contributed by atoms with E-state index in [9.17, 15) is 0 Å². The van der Waals surface area contributed by atoms with Crippen LogP contribution < -0.4 is 10.1 Å². The molecule has 0 aromatic carbocycles. The van der Waals surface area contributed by atoms with E-state index in [1.165, 1.54) is 0 Å². The van der Waals surface area contributed by atoms with Crippen LogP contribution in [0.15, 0.2) is 10.7 Å². The highest BCUT2D eigenvalue weighted by atomic mass is 79.9. The molecule has 6 heteroatoms. The number of aromatic nitrogens is 2. The fourth-order valence-electron chi connectivity index (χ4n) is 1.20. The fourth-order valence-corrected chi connectivity index (χ4v) is 1.55. The number of nitrogens with one attached hydrogen (secondary N) is 1. The molecule has 17 heavy (non-hydrogen) atoms. The van der Waals surface area contributed by atoms with Gasteiger partial charge in [0, 0.05) is 19.8 Å². The minimum atomic E-state index is 0.532. The van der Waals surface area contributed by atoms with E-state index in [1.54, 1.807) is 13.3 Å². The van der Waals surface area contributed by atoms with Crippen LogP contribution in [0.3, 0.4) is 0 Å². The van der Waals surface area contributed by atoms with E-state index < -0.39 is 0 Å². The van der Waals surface area contributed by atoms with E-state index >= 15 is 0 Å². The van der Waals surface area contributed by atoms with Gasteiger partial charge in [-0.15, -0.1) is 0 Å². The van der Waals surface area contributed by atoms with Crippen molar-refractivity contribution in [2.45, 2.75) is 19.8 Å². The van der Waals surface area contributed by atoms with Crippen molar-refractivity contribution in [3.63, 3.8) is 0 Å². The van der Waals surface area contributed by atoms with Gasteiger partial charge in [0.05, 0.1) is 17.8 Å². The molecule has 0 aliphatic heterocycles. The molecule has 0 atom stereocenters. The summed E-state index contributed by atoms with van der Waals surface area (Å²) in [6.07, 6.45) is 3.66. The van der Waals surface area contributed by atoms with Crippen molar-refractivity contribution in [3.05, 3.63) is 10.7 Å². The Balaban J connectivity index is 2.27. The maximum absolute atomic E-state index is 5.37. The summed E-state index contributed by atoms with van der Waals surface area (Å²) in [6.45, 7) is 4.46. The molecule has 1 N–H and O–H groups in total. The van der Waals surface area contributed by atoms with Crippen LogP contribution in [-0.4, -0.2) is 36.8 Å². The lowest BCUT2D eigenvalue weighted by Gasteiger charge is -2.07. The largest absolute Gasteiger partial charge is 0.480 e. The summed E-state index contributed by atoms with van der Waals surface area (Å²) in [5.41, 5.74) is 0. The molecule has 0 aliphatic carbocycles. The Morgan fingerprint density at radius 2 is 2.24 bits per heavy atom. The molecule has 1 aromatic heterocycles. The Bertz CT molecular complexity index is 336. The molecule has 0 radical (unpaired) electrons. The predicted octanol–water partition coefficient (Wildman–Crippen LogP) is 2.48. The highest BCUT2D eigenvalue weighted by Gasteiger charge is 2.03. The molecule has 0 bridgehead atoms. The van der Waals surface area contributed by atoms with E-state index in [0.29, 0.717) is 11.8 Å². The zero-order chi connectivity index (χ0) is 12.5. The van der Waals surface area contributed by atoms with Crippen molar-refractivity contribution in [2.24, 2.45) is 0 Å². The van der Waals surface area contributed by atoms with Crippen LogP contribution in [-0.2, 0) is 4.74 Å². The summed E-state index contributed by atoms with van der Waals surface area (Å²) in [5.74, 6) is 1.10. The van der Waals surface area contributed by atoms with Crippen molar-refractivity contribution in [1.82, 2.24) is 9.97 Å². The second-order valence-electron chi connectivity index (χ2n) is 3.44. The number of anilines is 1. The molecule has 0 unspecified atom stereocenters. The van der Waals surface area contributed by atoms with Gasteiger partial charge in [-0.05, 0) is 28.8 Å². The monoisotopic (exact) mass is 303 g/mol. The fraction of sp³-hybridized carbons (Fsp3) is 0.636. The molecule has 96 valence electrons. The summed E-state index contributed by atoms with van der Waals surface area (Å²) in [4.78, 5) is 8.32. The number of hydrogen-bond donors (Lipinski definition) is 1. The van der Waals surface area contributed by atoms with Gasteiger partial charge >= 0.3 is 0 Å². The number of halogens is 1. The summed E-state index contributed by atoms with van der Waals surface area (Å²) in [6, 6.07) is 0. The van der Waals surface area contributed by atoms with Crippen LogP contribution in [0.25, 0.3) is 0 Å². The third-order valence-corrected chi connectivity index (χ3v) is 2.55. The minimum Gasteiger partial charge on any atom is -0.480 e. The molecular formula is C11H18BrN3O2. The third kappa shape index (κ3) is 5.32. The zero-order valence-electron chi connectivity index (χ0n) is 10.2. The van der Waals surface area contributed by atoms with Gasteiger partial charge in [0.15, 0.2) is 0 Å². The van der Waals surface area contributed by atoms with Crippen molar-refractivity contribution < 1.29 is 9.47 Å². The van der Waals surface area contributed by atoms with Gasteiger partial charge in [-0.25, -0.2) is 4.98 Å². The van der Waals surface area contributed by atoms with Crippen LogP contribution in [0.1, 0.15) is 19.8 Å². The summed E-state index contributed by atoms with van der Waals surface area (Å²) in [7, 11) is 1.58. The lowest BCUT2D eigenvalue weighted by Crippen LogP contribution is -2.09. The van der Waals surface area contributed by atoms with Crippen LogP contribution in [0.5, 0.6) is 5.88 Å². The van der Waals surface area contributed by atoms with Crippen LogP contribution in [0, 0.1) is 0 Å². The molecule has 0 fully saturated rings. The average Bonchev–Trinajstić information content (AvgIpc) is 2.35. The molecule has 0 aliphatic rings. The minimum absolute atomic E-state index is 0.532. The van der Waals surface area contributed by atoms with Crippen LogP contribution in [0.2, 0.25) is 0 Å². The molecule has 0 saturated heterocycles. The standard InChI is InChI=1S/C11H18BrN3O2/c1-3-6-17-7-4-5-13-11-14-8-9(12)10(15-11)16-2/h8H,3-7H2,1-2H3,(H,13,14,15). The number of methoxy groups -OCH3 is 1. The van der Waals surface area contributed by atoms with E-state index in [1.807, 2.05) is 0 Å². The Morgan fingerprint density at radius 3 is 2.94 bits per heavy atom. The molecule has 0 amide bonds. The normalized spacial score (nSPS) is 10.3. The van der Waals surface area contributed by atoms with Gasteiger partial charge in [-0.3, -0.25) is 0 Å². The van der Waals surface area contributed by atoms with Gasteiger partial charge in [0.2, 0.25) is 11.8 Å². The SMILES string of the molecule is CCCOCCCNc1ncc(Br)c(OC)n1. The van der Waals surface area contributed by atoms with Gasteiger partial charge in [0.25, 0.3) is 0 Å². The quantitative estimate of drug-likeness (QED) is 0.748. The lowest BCUT2D eigenvalue weighted by atomic mass is 10.4. The van der Waals surface area contributed by atoms with E-state index in [-0.39, 0.29) is 0 Å². The first-order valence-electron chi connectivity index (χ1n) is 5.66. The summed E-state index contributed by atoms with van der Waals surface area (Å²) < 4.78 is 11.2. The molecule has 1 heterocycles. The molecule has 1 rings (SSSR count). The van der Waals surface area contributed by atoms with Gasteiger partial charge in [-0.2, -0.15) is 4.98 Å². The predicted molar refractivity (Wildman–Crippen MR) is 70.5 cm³/mol. The lowest BCUT2D eigenvalue weighted by molar-refractivity contribution is 0.134.